The smallest absolute Gasteiger partial charge is 0.140 e. The van der Waals surface area contributed by atoms with Crippen molar-refractivity contribution in [1.29, 1.82) is 0 Å². The Morgan fingerprint density at radius 3 is 2.93 bits per heavy atom. The molecule has 0 atom stereocenters. The Balaban J connectivity index is 2.61. The van der Waals surface area contributed by atoms with E-state index in [9.17, 15) is 0 Å². The molecule has 2 N–H and O–H groups in total. The van der Waals surface area contributed by atoms with Crippen LogP contribution < -0.4 is 0 Å². The average Bonchev–Trinajstić information content (AvgIpc) is 2.58. The minimum Gasteiger partial charge on any atom is -0.395 e. The number of hydrogen-bond acceptors (Lipinski definition) is 3. The fourth-order valence-corrected chi connectivity index (χ4v) is 1.60. The van der Waals surface area contributed by atoms with Gasteiger partial charge in [-0.2, -0.15) is 0 Å². The van der Waals surface area contributed by atoms with Crippen molar-refractivity contribution in [2.75, 3.05) is 6.61 Å². The van der Waals surface area contributed by atoms with Crippen LogP contribution in [0.4, 0.5) is 0 Å². The Bertz CT molecular complexity index is 437. The van der Waals surface area contributed by atoms with E-state index in [-0.39, 0.29) is 13.2 Å². The van der Waals surface area contributed by atoms with Gasteiger partial charge in [0.15, 0.2) is 0 Å². The number of aromatic nitrogens is 2. The first kappa shape index (κ1) is 9.18. The standard InChI is InChI=1S/C10H12N2O2/c13-5-4-12-6-8(7-14)9-2-1-3-11-10(9)12/h1-3,6,13-14H,4-5,7H2. The first-order valence-corrected chi connectivity index (χ1v) is 4.51. The van der Waals surface area contributed by atoms with Crippen LogP contribution in [0.5, 0.6) is 0 Å². The van der Waals surface area contributed by atoms with Gasteiger partial charge in [-0.25, -0.2) is 4.98 Å². The van der Waals surface area contributed by atoms with Gasteiger partial charge in [-0.1, -0.05) is 0 Å². The molecule has 14 heavy (non-hydrogen) atoms. The van der Waals surface area contributed by atoms with Crippen molar-refractivity contribution in [3.63, 3.8) is 0 Å². The van der Waals surface area contributed by atoms with Gasteiger partial charge in [-0.3, -0.25) is 0 Å². The SMILES string of the molecule is OCCn1cc(CO)c2cccnc21. The topological polar surface area (TPSA) is 58.3 Å². The highest BCUT2D eigenvalue weighted by molar-refractivity contribution is 5.80. The summed E-state index contributed by atoms with van der Waals surface area (Å²) in [5, 5.41) is 18.9. The van der Waals surface area contributed by atoms with Crippen LogP contribution in [0.25, 0.3) is 11.0 Å². The summed E-state index contributed by atoms with van der Waals surface area (Å²) < 4.78 is 1.85. The van der Waals surface area contributed by atoms with Crippen LogP contribution in [0.3, 0.4) is 0 Å². The molecule has 0 spiro atoms. The molecule has 0 fully saturated rings. The zero-order valence-corrected chi connectivity index (χ0v) is 7.72. The van der Waals surface area contributed by atoms with Crippen LogP contribution in [0, 0.1) is 0 Å². The zero-order chi connectivity index (χ0) is 9.97. The largest absolute Gasteiger partial charge is 0.395 e. The maximum atomic E-state index is 9.11. The Morgan fingerprint density at radius 2 is 2.21 bits per heavy atom. The monoisotopic (exact) mass is 192 g/mol. The summed E-state index contributed by atoms with van der Waals surface area (Å²) in [7, 11) is 0. The second kappa shape index (κ2) is 3.77. The molecule has 0 radical (unpaired) electrons. The minimum atomic E-state index is 0.000617. The Labute approximate surface area is 81.4 Å². The van der Waals surface area contributed by atoms with Gasteiger partial charge < -0.3 is 14.8 Å². The van der Waals surface area contributed by atoms with Crippen LogP contribution >= 0.6 is 0 Å². The molecule has 2 aromatic rings. The quantitative estimate of drug-likeness (QED) is 0.745. The van der Waals surface area contributed by atoms with E-state index < -0.39 is 0 Å². The predicted octanol–water partition coefficient (Wildman–Crippen LogP) is 0.521. The average molecular weight is 192 g/mol. The molecule has 0 saturated heterocycles. The highest BCUT2D eigenvalue weighted by Gasteiger charge is 2.07. The molecule has 4 nitrogen and oxygen atoms in total. The second-order valence-corrected chi connectivity index (χ2v) is 3.10. The minimum absolute atomic E-state index is 0.000617. The van der Waals surface area contributed by atoms with E-state index in [4.69, 9.17) is 10.2 Å². The van der Waals surface area contributed by atoms with Gasteiger partial charge in [0.05, 0.1) is 13.2 Å². The summed E-state index contributed by atoms with van der Waals surface area (Å²) in [4.78, 5) is 4.21. The number of fused-ring (bicyclic) bond motifs is 1. The van der Waals surface area contributed by atoms with E-state index in [0.717, 1.165) is 16.6 Å². The molecule has 2 aromatic heterocycles. The Hall–Kier alpha value is -1.39. The van der Waals surface area contributed by atoms with Gasteiger partial charge in [0.2, 0.25) is 0 Å². The molecule has 0 amide bonds. The van der Waals surface area contributed by atoms with E-state index in [1.54, 1.807) is 6.20 Å². The maximum absolute atomic E-state index is 9.11. The van der Waals surface area contributed by atoms with Crippen molar-refractivity contribution >= 4 is 11.0 Å². The third-order valence-corrected chi connectivity index (χ3v) is 2.23. The zero-order valence-electron chi connectivity index (χ0n) is 7.72. The summed E-state index contributed by atoms with van der Waals surface area (Å²) in [5.41, 5.74) is 1.66. The van der Waals surface area contributed by atoms with Crippen LogP contribution in [0.15, 0.2) is 24.5 Å². The van der Waals surface area contributed by atoms with E-state index in [1.165, 1.54) is 0 Å². The van der Waals surface area contributed by atoms with Gasteiger partial charge in [-0.05, 0) is 12.1 Å². The number of hydrogen-bond donors (Lipinski definition) is 2. The van der Waals surface area contributed by atoms with E-state index in [2.05, 4.69) is 4.98 Å². The number of pyridine rings is 1. The highest BCUT2D eigenvalue weighted by atomic mass is 16.3. The Morgan fingerprint density at radius 1 is 1.36 bits per heavy atom. The molecule has 4 heteroatoms. The van der Waals surface area contributed by atoms with Crippen LogP contribution in [-0.4, -0.2) is 26.4 Å². The number of rotatable bonds is 3. The molecule has 0 saturated carbocycles. The number of aliphatic hydroxyl groups is 2. The molecular formula is C10H12N2O2. The molecule has 0 aliphatic heterocycles. The summed E-state index contributed by atoms with van der Waals surface area (Å²) in [6, 6.07) is 3.76. The van der Waals surface area contributed by atoms with Gasteiger partial charge >= 0.3 is 0 Å². The third-order valence-electron chi connectivity index (χ3n) is 2.23. The van der Waals surface area contributed by atoms with Crippen molar-refractivity contribution in [2.45, 2.75) is 13.2 Å². The van der Waals surface area contributed by atoms with Gasteiger partial charge in [0, 0.05) is 29.9 Å². The normalized spacial score (nSPS) is 11.0. The molecule has 2 heterocycles. The van der Waals surface area contributed by atoms with Gasteiger partial charge in [0.1, 0.15) is 5.65 Å². The highest BCUT2D eigenvalue weighted by Crippen LogP contribution is 2.18. The van der Waals surface area contributed by atoms with Crippen LogP contribution in [0.2, 0.25) is 0 Å². The third kappa shape index (κ3) is 1.38. The van der Waals surface area contributed by atoms with Crippen LogP contribution in [-0.2, 0) is 13.2 Å². The van der Waals surface area contributed by atoms with Crippen molar-refractivity contribution in [2.24, 2.45) is 0 Å². The lowest BCUT2D eigenvalue weighted by atomic mass is 10.2. The lowest BCUT2D eigenvalue weighted by molar-refractivity contribution is 0.274. The molecule has 0 bridgehead atoms. The summed E-state index contributed by atoms with van der Waals surface area (Å²) in [5.74, 6) is 0. The van der Waals surface area contributed by atoms with Gasteiger partial charge in [0.25, 0.3) is 0 Å². The van der Waals surface area contributed by atoms with E-state index >= 15 is 0 Å². The number of aliphatic hydroxyl groups excluding tert-OH is 2. The molecule has 74 valence electrons. The first-order chi connectivity index (χ1) is 6.86. The second-order valence-electron chi connectivity index (χ2n) is 3.10. The molecule has 0 aromatic carbocycles. The molecule has 0 unspecified atom stereocenters. The maximum Gasteiger partial charge on any atom is 0.140 e. The summed E-state index contributed by atoms with van der Waals surface area (Å²) in [6.45, 7) is 0.583. The van der Waals surface area contributed by atoms with Crippen molar-refractivity contribution in [1.82, 2.24) is 9.55 Å². The van der Waals surface area contributed by atoms with Crippen LogP contribution in [0.1, 0.15) is 5.56 Å². The molecular weight excluding hydrogens is 180 g/mol. The fourth-order valence-electron chi connectivity index (χ4n) is 1.60. The Kier molecular flexibility index (Phi) is 2.47. The van der Waals surface area contributed by atoms with Crippen molar-refractivity contribution in [3.05, 3.63) is 30.1 Å². The molecule has 0 aliphatic rings. The van der Waals surface area contributed by atoms with E-state index in [0.29, 0.717) is 6.54 Å². The first-order valence-electron chi connectivity index (χ1n) is 4.51. The summed E-state index contributed by atoms with van der Waals surface area (Å²) >= 11 is 0. The van der Waals surface area contributed by atoms with Gasteiger partial charge in [-0.15, -0.1) is 0 Å². The lowest BCUT2D eigenvalue weighted by Crippen LogP contribution is -2.00. The fraction of sp³-hybridized carbons (Fsp3) is 0.300. The van der Waals surface area contributed by atoms with Crippen molar-refractivity contribution < 1.29 is 10.2 Å². The molecule has 0 aliphatic carbocycles. The molecule has 2 rings (SSSR count). The lowest BCUT2D eigenvalue weighted by Gasteiger charge is -1.99. The van der Waals surface area contributed by atoms with Crippen molar-refractivity contribution in [3.8, 4) is 0 Å². The predicted molar refractivity (Wildman–Crippen MR) is 52.7 cm³/mol. The van der Waals surface area contributed by atoms with E-state index in [1.807, 2.05) is 22.9 Å². The number of nitrogens with zero attached hydrogens (tertiary/aromatic N) is 2. The summed E-state index contributed by atoms with van der Waals surface area (Å²) in [6.07, 6.45) is 3.53.